The summed E-state index contributed by atoms with van der Waals surface area (Å²) in [4.78, 5) is 23.2. The predicted octanol–water partition coefficient (Wildman–Crippen LogP) is 4.11. The van der Waals surface area contributed by atoms with Crippen LogP contribution in [0.25, 0.3) is 10.2 Å². The lowest BCUT2D eigenvalue weighted by atomic mass is 9.89. The lowest BCUT2D eigenvalue weighted by Crippen LogP contribution is -2.12. The van der Waals surface area contributed by atoms with Gasteiger partial charge in [0, 0.05) is 10.3 Å². The average Bonchev–Trinajstić information content (AvgIpc) is 2.88. The van der Waals surface area contributed by atoms with Crippen LogP contribution in [0.15, 0.2) is 11.4 Å². The molecule has 0 amide bonds. The normalized spacial score (nSPS) is 17.5. The minimum absolute atomic E-state index is 0.173. The van der Waals surface area contributed by atoms with Crippen LogP contribution in [0.4, 0.5) is 0 Å². The van der Waals surface area contributed by atoms with Crippen LogP contribution in [0.1, 0.15) is 37.6 Å². The van der Waals surface area contributed by atoms with Gasteiger partial charge >= 0.3 is 5.97 Å². The summed E-state index contributed by atoms with van der Waals surface area (Å²) in [6.45, 7) is 6.85. The molecule has 23 heavy (non-hydrogen) atoms. The molecule has 0 unspecified atom stereocenters. The number of hydrogen-bond donors (Lipinski definition) is 0. The molecule has 1 aliphatic carbocycles. The van der Waals surface area contributed by atoms with Crippen molar-refractivity contribution in [2.75, 3.05) is 12.4 Å². The topological polar surface area (TPSA) is 52.1 Å². The number of carbonyl (C=O) groups is 1. The van der Waals surface area contributed by atoms with Crippen molar-refractivity contribution in [2.45, 2.75) is 45.1 Å². The third-order valence-corrected chi connectivity index (χ3v) is 6.09. The standard InChI is InChI=1S/C17H22N2O2S2/c1-10(2)7-21-14(20)8-22-16-15-12-5-4-11(3)6-13(12)23-17(15)19-9-18-16/h9-11H,4-8H2,1-3H3/t11-/m0/s1. The Morgan fingerprint density at radius 3 is 3.09 bits per heavy atom. The van der Waals surface area contributed by atoms with Crippen molar-refractivity contribution in [3.05, 3.63) is 16.8 Å². The SMILES string of the molecule is CC(C)COC(=O)CSc1ncnc2sc3c(c12)CC[C@H](C)C3. The van der Waals surface area contributed by atoms with Crippen molar-refractivity contribution < 1.29 is 9.53 Å². The average molecular weight is 351 g/mol. The molecule has 0 fully saturated rings. The van der Waals surface area contributed by atoms with E-state index < -0.39 is 0 Å². The third-order valence-electron chi connectivity index (χ3n) is 3.96. The van der Waals surface area contributed by atoms with Gasteiger partial charge in [0.15, 0.2) is 0 Å². The minimum Gasteiger partial charge on any atom is -0.465 e. The van der Waals surface area contributed by atoms with Gasteiger partial charge in [-0.2, -0.15) is 0 Å². The van der Waals surface area contributed by atoms with Crippen molar-refractivity contribution in [1.82, 2.24) is 9.97 Å². The zero-order valence-electron chi connectivity index (χ0n) is 13.8. The molecule has 0 bridgehead atoms. The number of ether oxygens (including phenoxy) is 1. The largest absolute Gasteiger partial charge is 0.465 e. The maximum atomic E-state index is 11.8. The van der Waals surface area contributed by atoms with E-state index in [1.165, 1.54) is 34.0 Å². The first kappa shape index (κ1) is 16.7. The Morgan fingerprint density at radius 1 is 1.48 bits per heavy atom. The molecule has 2 heterocycles. The molecule has 0 N–H and O–H groups in total. The summed E-state index contributed by atoms with van der Waals surface area (Å²) in [5, 5.41) is 2.09. The van der Waals surface area contributed by atoms with E-state index in [0.29, 0.717) is 18.3 Å². The van der Waals surface area contributed by atoms with Crippen LogP contribution in [-0.2, 0) is 22.4 Å². The van der Waals surface area contributed by atoms with E-state index >= 15 is 0 Å². The number of thiophene rings is 1. The van der Waals surface area contributed by atoms with Gasteiger partial charge in [-0.1, -0.05) is 32.5 Å². The Balaban J connectivity index is 1.77. The lowest BCUT2D eigenvalue weighted by Gasteiger charge is -2.18. The molecule has 0 spiro atoms. The number of thioether (sulfide) groups is 1. The van der Waals surface area contributed by atoms with E-state index in [9.17, 15) is 4.79 Å². The van der Waals surface area contributed by atoms with Crippen molar-refractivity contribution in [2.24, 2.45) is 11.8 Å². The van der Waals surface area contributed by atoms with Gasteiger partial charge in [-0.25, -0.2) is 9.97 Å². The van der Waals surface area contributed by atoms with E-state index in [-0.39, 0.29) is 5.97 Å². The van der Waals surface area contributed by atoms with Crippen LogP contribution in [0.3, 0.4) is 0 Å². The second-order valence-electron chi connectivity index (χ2n) is 6.58. The molecule has 1 aliphatic rings. The summed E-state index contributed by atoms with van der Waals surface area (Å²) in [5.41, 5.74) is 1.40. The number of esters is 1. The highest BCUT2D eigenvalue weighted by molar-refractivity contribution is 8.00. The summed E-state index contributed by atoms with van der Waals surface area (Å²) in [6.07, 6.45) is 5.05. The van der Waals surface area contributed by atoms with Gasteiger partial charge in [-0.3, -0.25) is 4.79 Å². The maximum absolute atomic E-state index is 11.8. The van der Waals surface area contributed by atoms with E-state index in [1.54, 1.807) is 17.7 Å². The summed E-state index contributed by atoms with van der Waals surface area (Å²) in [7, 11) is 0. The highest BCUT2D eigenvalue weighted by atomic mass is 32.2. The fourth-order valence-corrected chi connectivity index (χ4v) is 5.02. The molecule has 0 aromatic carbocycles. The smallest absolute Gasteiger partial charge is 0.316 e. The molecule has 2 aromatic heterocycles. The zero-order chi connectivity index (χ0) is 16.4. The summed E-state index contributed by atoms with van der Waals surface area (Å²) >= 11 is 3.25. The van der Waals surface area contributed by atoms with E-state index in [0.717, 1.165) is 28.6 Å². The monoisotopic (exact) mass is 350 g/mol. The summed E-state index contributed by atoms with van der Waals surface area (Å²) in [6, 6.07) is 0. The van der Waals surface area contributed by atoms with Gasteiger partial charge in [-0.15, -0.1) is 11.3 Å². The van der Waals surface area contributed by atoms with Crippen LogP contribution < -0.4 is 0 Å². The molecule has 3 rings (SSSR count). The molecular formula is C17H22N2O2S2. The van der Waals surface area contributed by atoms with Crippen LogP contribution in [0, 0.1) is 11.8 Å². The number of hydrogen-bond acceptors (Lipinski definition) is 6. The molecule has 1 atom stereocenters. The highest BCUT2D eigenvalue weighted by Crippen LogP contribution is 2.40. The third kappa shape index (κ3) is 3.86. The molecular weight excluding hydrogens is 328 g/mol. The molecule has 124 valence electrons. The molecule has 0 saturated carbocycles. The van der Waals surface area contributed by atoms with Gasteiger partial charge in [0.25, 0.3) is 0 Å². The zero-order valence-corrected chi connectivity index (χ0v) is 15.4. The Morgan fingerprint density at radius 2 is 2.30 bits per heavy atom. The Kier molecular flexibility index (Phi) is 5.21. The second-order valence-corrected chi connectivity index (χ2v) is 8.62. The molecule has 0 radical (unpaired) electrons. The van der Waals surface area contributed by atoms with Crippen LogP contribution in [0.2, 0.25) is 0 Å². The first-order valence-corrected chi connectivity index (χ1v) is 9.88. The van der Waals surface area contributed by atoms with Gasteiger partial charge in [0.2, 0.25) is 0 Å². The fourth-order valence-electron chi connectivity index (χ4n) is 2.78. The summed E-state index contributed by atoms with van der Waals surface area (Å²) < 4.78 is 5.24. The van der Waals surface area contributed by atoms with Crippen LogP contribution in [-0.4, -0.2) is 28.3 Å². The lowest BCUT2D eigenvalue weighted by molar-refractivity contribution is -0.141. The molecule has 6 heteroatoms. The van der Waals surface area contributed by atoms with Gasteiger partial charge in [-0.05, 0) is 36.7 Å². The first-order valence-electron chi connectivity index (χ1n) is 8.08. The quantitative estimate of drug-likeness (QED) is 0.461. The highest BCUT2D eigenvalue weighted by Gasteiger charge is 2.23. The Bertz CT molecular complexity index is 712. The Labute approximate surface area is 145 Å². The first-order chi connectivity index (χ1) is 11.0. The van der Waals surface area contributed by atoms with Crippen LogP contribution >= 0.6 is 23.1 Å². The number of carbonyl (C=O) groups excluding carboxylic acids is 1. The van der Waals surface area contributed by atoms with Gasteiger partial charge < -0.3 is 4.74 Å². The van der Waals surface area contributed by atoms with Crippen molar-refractivity contribution in [3.8, 4) is 0 Å². The predicted molar refractivity (Wildman–Crippen MR) is 95.1 cm³/mol. The molecule has 4 nitrogen and oxygen atoms in total. The molecule has 0 saturated heterocycles. The maximum Gasteiger partial charge on any atom is 0.316 e. The van der Waals surface area contributed by atoms with E-state index in [1.807, 2.05) is 13.8 Å². The second kappa shape index (κ2) is 7.18. The van der Waals surface area contributed by atoms with E-state index in [4.69, 9.17) is 4.74 Å². The number of fused-ring (bicyclic) bond motifs is 3. The molecule has 2 aromatic rings. The fraction of sp³-hybridized carbons (Fsp3) is 0.588. The number of rotatable bonds is 5. The van der Waals surface area contributed by atoms with Gasteiger partial charge in [0.1, 0.15) is 16.2 Å². The van der Waals surface area contributed by atoms with Crippen molar-refractivity contribution in [3.63, 3.8) is 0 Å². The minimum atomic E-state index is -0.173. The van der Waals surface area contributed by atoms with Crippen molar-refractivity contribution in [1.29, 1.82) is 0 Å². The summed E-state index contributed by atoms with van der Waals surface area (Å²) in [5.74, 6) is 1.24. The van der Waals surface area contributed by atoms with E-state index in [2.05, 4.69) is 16.9 Å². The van der Waals surface area contributed by atoms with Crippen molar-refractivity contribution >= 4 is 39.3 Å². The number of aryl methyl sites for hydroxylation is 1. The number of aromatic nitrogens is 2. The number of nitrogens with zero attached hydrogens (tertiary/aromatic N) is 2. The molecule has 0 aliphatic heterocycles. The Hall–Kier alpha value is -1.14. The van der Waals surface area contributed by atoms with Gasteiger partial charge in [0.05, 0.1) is 12.4 Å². The van der Waals surface area contributed by atoms with Crippen LogP contribution in [0.5, 0.6) is 0 Å².